The highest BCUT2D eigenvalue weighted by Crippen LogP contribution is 2.16. The first-order chi connectivity index (χ1) is 12.1. The number of carbonyl (C=O) groups is 2. The Balaban J connectivity index is 1.88. The van der Waals surface area contributed by atoms with Crippen molar-refractivity contribution in [2.24, 2.45) is 0 Å². The van der Waals surface area contributed by atoms with Gasteiger partial charge in [-0.2, -0.15) is 5.26 Å². The van der Waals surface area contributed by atoms with Gasteiger partial charge < -0.3 is 14.8 Å². The first-order valence-electron chi connectivity index (χ1n) is 7.39. The number of rotatable bonds is 6. The Morgan fingerprint density at radius 2 is 1.80 bits per heavy atom. The van der Waals surface area contributed by atoms with Crippen molar-refractivity contribution in [1.29, 1.82) is 5.26 Å². The van der Waals surface area contributed by atoms with Crippen LogP contribution in [0.1, 0.15) is 11.1 Å². The molecule has 6 nitrogen and oxygen atoms in total. The Morgan fingerprint density at radius 1 is 1.12 bits per heavy atom. The number of hydrogen-bond acceptors (Lipinski definition) is 5. The van der Waals surface area contributed by atoms with Gasteiger partial charge in [0, 0.05) is 11.8 Å². The van der Waals surface area contributed by atoms with E-state index in [0.29, 0.717) is 17.0 Å². The third-order valence-electron chi connectivity index (χ3n) is 3.17. The molecule has 0 unspecified atom stereocenters. The Kier molecular flexibility index (Phi) is 6.32. The van der Waals surface area contributed by atoms with Gasteiger partial charge in [0.05, 0.1) is 18.7 Å². The number of benzene rings is 2. The largest absolute Gasteiger partial charge is 0.482 e. The molecular weight excluding hydrogens is 320 g/mol. The van der Waals surface area contributed by atoms with Crippen molar-refractivity contribution in [3.8, 4) is 11.8 Å². The lowest BCUT2D eigenvalue weighted by Crippen LogP contribution is -2.12. The summed E-state index contributed by atoms with van der Waals surface area (Å²) in [6, 6.07) is 15.5. The quantitative estimate of drug-likeness (QED) is 0.647. The molecule has 0 heterocycles. The second-order valence-corrected chi connectivity index (χ2v) is 4.95. The van der Waals surface area contributed by atoms with E-state index in [1.54, 1.807) is 54.6 Å². The molecule has 2 aromatic rings. The number of amides is 1. The Hall–Kier alpha value is -3.59. The lowest BCUT2D eigenvalue weighted by molar-refractivity contribution is -0.142. The number of nitrogens with zero attached hydrogens (tertiary/aromatic N) is 1. The fraction of sp³-hybridized carbons (Fsp3) is 0.105. The molecule has 1 amide bonds. The van der Waals surface area contributed by atoms with Crippen LogP contribution in [-0.2, 0) is 14.3 Å². The van der Waals surface area contributed by atoms with Gasteiger partial charge >= 0.3 is 5.97 Å². The van der Waals surface area contributed by atoms with Gasteiger partial charge in [0.15, 0.2) is 6.61 Å². The molecule has 126 valence electrons. The molecule has 2 rings (SSSR count). The minimum absolute atomic E-state index is 0.171. The van der Waals surface area contributed by atoms with E-state index in [0.717, 1.165) is 5.56 Å². The van der Waals surface area contributed by atoms with Crippen LogP contribution in [0.15, 0.2) is 54.6 Å². The van der Waals surface area contributed by atoms with Gasteiger partial charge in [0.2, 0.25) is 5.91 Å². The van der Waals surface area contributed by atoms with Crippen molar-refractivity contribution in [2.45, 2.75) is 0 Å². The van der Waals surface area contributed by atoms with E-state index in [2.05, 4.69) is 10.1 Å². The smallest absolute Gasteiger partial charge is 0.343 e. The van der Waals surface area contributed by atoms with Crippen molar-refractivity contribution < 1.29 is 19.1 Å². The van der Waals surface area contributed by atoms with Crippen LogP contribution < -0.4 is 10.1 Å². The molecule has 0 radical (unpaired) electrons. The molecule has 0 aliphatic carbocycles. The number of carbonyl (C=O) groups excluding carboxylic acids is 2. The lowest BCUT2D eigenvalue weighted by atomic mass is 10.1. The Morgan fingerprint density at radius 3 is 2.40 bits per heavy atom. The maximum atomic E-state index is 11.9. The van der Waals surface area contributed by atoms with Crippen LogP contribution in [-0.4, -0.2) is 25.6 Å². The number of ether oxygens (including phenoxy) is 2. The molecule has 0 spiro atoms. The summed E-state index contributed by atoms with van der Waals surface area (Å²) in [6.07, 6.45) is 3.06. The highest BCUT2D eigenvalue weighted by atomic mass is 16.6. The van der Waals surface area contributed by atoms with Crippen LogP contribution in [0.2, 0.25) is 0 Å². The lowest BCUT2D eigenvalue weighted by Gasteiger charge is -2.06. The normalized spacial score (nSPS) is 10.1. The predicted molar refractivity (Wildman–Crippen MR) is 92.8 cm³/mol. The van der Waals surface area contributed by atoms with E-state index >= 15 is 0 Å². The molecule has 0 fully saturated rings. The van der Waals surface area contributed by atoms with E-state index in [9.17, 15) is 9.59 Å². The summed E-state index contributed by atoms with van der Waals surface area (Å²) in [7, 11) is 1.29. The van der Waals surface area contributed by atoms with Crippen molar-refractivity contribution >= 4 is 23.6 Å². The first-order valence-corrected chi connectivity index (χ1v) is 7.39. The van der Waals surface area contributed by atoms with Crippen LogP contribution in [0.4, 0.5) is 5.69 Å². The zero-order valence-corrected chi connectivity index (χ0v) is 13.6. The second-order valence-electron chi connectivity index (χ2n) is 4.95. The zero-order valence-electron chi connectivity index (χ0n) is 13.6. The summed E-state index contributed by atoms with van der Waals surface area (Å²) in [5.41, 5.74) is 1.98. The molecule has 0 saturated carbocycles. The molecular formula is C19H16N2O4. The molecule has 0 saturated heterocycles. The van der Waals surface area contributed by atoms with Gasteiger partial charge in [-0.05, 0) is 48.0 Å². The van der Waals surface area contributed by atoms with E-state index in [4.69, 9.17) is 10.00 Å². The van der Waals surface area contributed by atoms with Gasteiger partial charge in [-0.1, -0.05) is 12.1 Å². The average Bonchev–Trinajstić information content (AvgIpc) is 2.66. The molecule has 6 heteroatoms. The number of nitriles is 1. The van der Waals surface area contributed by atoms with Gasteiger partial charge in [-0.15, -0.1) is 0 Å². The summed E-state index contributed by atoms with van der Waals surface area (Å²) >= 11 is 0. The van der Waals surface area contributed by atoms with Gasteiger partial charge in [0.1, 0.15) is 5.75 Å². The van der Waals surface area contributed by atoms with Crippen LogP contribution in [0, 0.1) is 11.3 Å². The molecule has 0 atom stereocenters. The van der Waals surface area contributed by atoms with Crippen LogP contribution >= 0.6 is 0 Å². The summed E-state index contributed by atoms with van der Waals surface area (Å²) < 4.78 is 9.70. The summed E-state index contributed by atoms with van der Waals surface area (Å²) in [5, 5.41) is 11.5. The van der Waals surface area contributed by atoms with E-state index in [1.165, 1.54) is 13.2 Å². The van der Waals surface area contributed by atoms with Crippen molar-refractivity contribution in [2.75, 3.05) is 19.0 Å². The van der Waals surface area contributed by atoms with Crippen molar-refractivity contribution in [3.05, 3.63) is 65.7 Å². The number of esters is 1. The highest BCUT2D eigenvalue weighted by molar-refractivity contribution is 6.01. The summed E-state index contributed by atoms with van der Waals surface area (Å²) in [5.74, 6) is -0.255. The number of hydrogen-bond donors (Lipinski definition) is 1. The standard InChI is InChI=1S/C19H16N2O4/c1-24-19(23)13-25-17-9-7-16(8-10-17)21-18(22)11-6-14-2-4-15(12-20)5-3-14/h2-11H,13H2,1H3,(H,21,22). The van der Waals surface area contributed by atoms with Gasteiger partial charge in [-0.3, -0.25) is 4.79 Å². The first kappa shape index (κ1) is 17.8. The predicted octanol–water partition coefficient (Wildman–Crippen LogP) is 2.76. The molecule has 0 aromatic heterocycles. The van der Waals surface area contributed by atoms with Gasteiger partial charge in [0.25, 0.3) is 0 Å². The Bertz CT molecular complexity index is 803. The molecule has 0 aliphatic heterocycles. The minimum atomic E-state index is -0.467. The van der Waals surface area contributed by atoms with Crippen LogP contribution in [0.25, 0.3) is 6.08 Å². The fourth-order valence-corrected chi connectivity index (χ4v) is 1.86. The van der Waals surface area contributed by atoms with Crippen LogP contribution in [0.5, 0.6) is 5.75 Å². The van der Waals surface area contributed by atoms with Crippen molar-refractivity contribution in [3.63, 3.8) is 0 Å². The topological polar surface area (TPSA) is 88.4 Å². The van der Waals surface area contributed by atoms with E-state index in [1.807, 2.05) is 6.07 Å². The fourth-order valence-electron chi connectivity index (χ4n) is 1.86. The van der Waals surface area contributed by atoms with E-state index in [-0.39, 0.29) is 12.5 Å². The third-order valence-corrected chi connectivity index (χ3v) is 3.17. The molecule has 2 aromatic carbocycles. The van der Waals surface area contributed by atoms with Crippen LogP contribution in [0.3, 0.4) is 0 Å². The molecule has 25 heavy (non-hydrogen) atoms. The SMILES string of the molecule is COC(=O)COc1ccc(NC(=O)C=Cc2ccc(C#N)cc2)cc1. The summed E-state index contributed by atoms with van der Waals surface area (Å²) in [6.45, 7) is -0.171. The third kappa shape index (κ3) is 5.84. The maximum Gasteiger partial charge on any atom is 0.343 e. The van der Waals surface area contributed by atoms with E-state index < -0.39 is 5.97 Å². The second kappa shape index (κ2) is 8.89. The number of anilines is 1. The molecule has 0 bridgehead atoms. The van der Waals surface area contributed by atoms with Crippen molar-refractivity contribution in [1.82, 2.24) is 0 Å². The number of methoxy groups -OCH3 is 1. The molecule has 1 N–H and O–H groups in total. The number of nitrogens with one attached hydrogen (secondary N) is 1. The summed E-state index contributed by atoms with van der Waals surface area (Å²) in [4.78, 5) is 22.9. The minimum Gasteiger partial charge on any atom is -0.482 e. The zero-order chi connectivity index (χ0) is 18.1. The van der Waals surface area contributed by atoms with Gasteiger partial charge in [-0.25, -0.2) is 4.79 Å². The monoisotopic (exact) mass is 336 g/mol. The highest BCUT2D eigenvalue weighted by Gasteiger charge is 2.03. The average molecular weight is 336 g/mol. The maximum absolute atomic E-state index is 11.9. The molecule has 0 aliphatic rings. The Labute approximate surface area is 145 Å².